The quantitative estimate of drug-likeness (QED) is 0.351. The van der Waals surface area contributed by atoms with E-state index in [1.54, 1.807) is 41.7 Å². The van der Waals surface area contributed by atoms with E-state index in [2.05, 4.69) is 15.6 Å². The molecule has 2 N–H and O–H groups in total. The van der Waals surface area contributed by atoms with Crippen molar-refractivity contribution in [3.63, 3.8) is 0 Å². The molecule has 0 radical (unpaired) electrons. The van der Waals surface area contributed by atoms with Gasteiger partial charge in [-0.05, 0) is 60.7 Å². The number of hydrogen-bond donors (Lipinski definition) is 2. The van der Waals surface area contributed by atoms with Crippen LogP contribution in [0.1, 0.15) is 10.4 Å². The number of para-hydroxylation sites is 1. The molecule has 0 unspecified atom stereocenters. The maximum Gasteiger partial charge on any atom is 0.257 e. The number of aromatic nitrogens is 1. The largest absolute Gasteiger partial charge is 0.493 e. The van der Waals surface area contributed by atoms with E-state index in [9.17, 15) is 4.79 Å². The highest BCUT2D eigenvalue weighted by atomic mass is 35.5. The van der Waals surface area contributed by atoms with Gasteiger partial charge in [-0.2, -0.15) is 0 Å². The topological polar surface area (TPSA) is 72.5 Å². The molecule has 1 heterocycles. The van der Waals surface area contributed by atoms with Crippen molar-refractivity contribution < 1.29 is 14.3 Å². The van der Waals surface area contributed by atoms with Gasteiger partial charge in [0.25, 0.3) is 5.91 Å². The molecule has 9 heteroatoms. The number of methoxy groups -OCH3 is 2. The fraction of sp³-hybridized carbons (Fsp3) is 0.0870. The van der Waals surface area contributed by atoms with E-state index in [-0.39, 0.29) is 11.0 Å². The second-order valence-corrected chi connectivity index (χ2v) is 8.51. The van der Waals surface area contributed by atoms with E-state index in [1.165, 1.54) is 14.2 Å². The Bertz CT molecular complexity index is 1290. The van der Waals surface area contributed by atoms with Gasteiger partial charge in [-0.3, -0.25) is 10.1 Å². The summed E-state index contributed by atoms with van der Waals surface area (Å²) in [6.07, 6.45) is 0. The first-order valence-corrected chi connectivity index (χ1v) is 11.1. The van der Waals surface area contributed by atoms with Crippen molar-refractivity contribution in [2.45, 2.75) is 0 Å². The normalized spacial score (nSPS) is 10.6. The summed E-state index contributed by atoms with van der Waals surface area (Å²) < 4.78 is 11.5. The molecule has 0 saturated heterocycles. The van der Waals surface area contributed by atoms with Crippen LogP contribution >= 0.6 is 35.2 Å². The number of nitrogens with zero attached hydrogens (tertiary/aromatic N) is 1. The van der Waals surface area contributed by atoms with Crippen LogP contribution in [0.2, 0.25) is 5.02 Å². The fourth-order valence-corrected chi connectivity index (χ4v) is 4.54. The number of nitrogens with one attached hydrogen (secondary N) is 2. The third kappa shape index (κ3) is 4.67. The smallest absolute Gasteiger partial charge is 0.257 e. The number of halogens is 1. The Morgan fingerprint density at radius 2 is 1.81 bits per heavy atom. The lowest BCUT2D eigenvalue weighted by Gasteiger charge is -2.12. The highest BCUT2D eigenvalue weighted by Gasteiger charge is 2.14. The highest BCUT2D eigenvalue weighted by Crippen LogP contribution is 2.36. The second-order valence-electron chi connectivity index (χ2n) is 6.66. The first-order valence-electron chi connectivity index (χ1n) is 9.48. The molecule has 4 rings (SSSR count). The van der Waals surface area contributed by atoms with Crippen molar-refractivity contribution in [3.8, 4) is 22.1 Å². The number of ether oxygens (including phenoxy) is 2. The van der Waals surface area contributed by atoms with Crippen LogP contribution in [0.3, 0.4) is 0 Å². The number of hydrogen-bond acceptors (Lipinski definition) is 6. The molecule has 32 heavy (non-hydrogen) atoms. The average Bonchev–Trinajstić information content (AvgIpc) is 3.23. The molecule has 0 aliphatic carbocycles. The highest BCUT2D eigenvalue weighted by molar-refractivity contribution is 7.80. The molecular formula is C23H18ClN3O3S2. The molecule has 4 aromatic rings. The molecule has 1 aromatic heterocycles. The number of carbonyl (C=O) groups excluding carboxylic acids is 1. The standard InChI is InChI=1S/C23H18ClN3O3S2/c1-29-18-10-7-13(11-19(18)30-2)21(28)27-23(31)25-14-8-9-16(24)15(12-14)22-26-17-5-3-4-6-20(17)32-22/h3-12H,1-2H3,(H2,25,27,28,31). The summed E-state index contributed by atoms with van der Waals surface area (Å²) in [4.78, 5) is 17.3. The molecular weight excluding hydrogens is 466 g/mol. The van der Waals surface area contributed by atoms with Crippen LogP contribution in [0, 0.1) is 0 Å². The number of thiazole rings is 1. The first-order chi connectivity index (χ1) is 15.5. The Morgan fingerprint density at radius 3 is 2.56 bits per heavy atom. The minimum absolute atomic E-state index is 0.155. The van der Waals surface area contributed by atoms with Gasteiger partial charge in [0.1, 0.15) is 5.01 Å². The first kappa shape index (κ1) is 22.0. The Labute approximate surface area is 199 Å². The zero-order valence-corrected chi connectivity index (χ0v) is 19.5. The van der Waals surface area contributed by atoms with Gasteiger partial charge in [-0.15, -0.1) is 11.3 Å². The van der Waals surface area contributed by atoms with Crippen molar-refractivity contribution in [2.75, 3.05) is 19.5 Å². The molecule has 0 spiro atoms. The summed E-state index contributed by atoms with van der Waals surface area (Å²) in [6.45, 7) is 0. The third-order valence-corrected chi connectivity index (χ3v) is 6.22. The van der Waals surface area contributed by atoms with E-state index in [1.807, 2.05) is 30.3 Å². The SMILES string of the molecule is COc1ccc(C(=O)NC(=S)Nc2ccc(Cl)c(-c3nc4ccccc4s3)c2)cc1OC. The molecule has 1 amide bonds. The monoisotopic (exact) mass is 483 g/mol. The molecule has 0 bridgehead atoms. The van der Waals surface area contributed by atoms with Crippen molar-refractivity contribution in [2.24, 2.45) is 0 Å². The number of anilines is 1. The van der Waals surface area contributed by atoms with Gasteiger partial charge >= 0.3 is 0 Å². The summed E-state index contributed by atoms with van der Waals surface area (Å²) in [5.74, 6) is 0.620. The van der Waals surface area contributed by atoms with Crippen LogP contribution in [0.25, 0.3) is 20.8 Å². The summed E-state index contributed by atoms with van der Waals surface area (Å²) in [7, 11) is 3.04. The van der Waals surface area contributed by atoms with E-state index in [4.69, 9.17) is 33.3 Å². The van der Waals surface area contributed by atoms with Crippen molar-refractivity contribution >= 4 is 62.1 Å². The lowest BCUT2D eigenvalue weighted by Crippen LogP contribution is -2.34. The van der Waals surface area contributed by atoms with Gasteiger partial charge in [0.2, 0.25) is 0 Å². The predicted molar refractivity (Wildman–Crippen MR) is 133 cm³/mol. The third-order valence-electron chi connectivity index (χ3n) is 4.62. The Hall–Kier alpha value is -3.20. The van der Waals surface area contributed by atoms with Gasteiger partial charge < -0.3 is 14.8 Å². The van der Waals surface area contributed by atoms with Gasteiger partial charge in [0.15, 0.2) is 16.6 Å². The average molecular weight is 484 g/mol. The lowest BCUT2D eigenvalue weighted by atomic mass is 10.2. The van der Waals surface area contributed by atoms with Crippen LogP contribution in [0.5, 0.6) is 11.5 Å². The van der Waals surface area contributed by atoms with E-state index in [0.717, 1.165) is 20.8 Å². The van der Waals surface area contributed by atoms with E-state index in [0.29, 0.717) is 27.8 Å². The summed E-state index contributed by atoms with van der Waals surface area (Å²) in [5, 5.41) is 7.23. The molecule has 0 aliphatic heterocycles. The van der Waals surface area contributed by atoms with Crippen LogP contribution in [0.4, 0.5) is 5.69 Å². The number of fused-ring (bicyclic) bond motifs is 1. The molecule has 0 saturated carbocycles. The van der Waals surface area contributed by atoms with Gasteiger partial charge in [-0.25, -0.2) is 4.98 Å². The fourth-order valence-electron chi connectivity index (χ4n) is 3.07. The molecule has 0 aliphatic rings. The molecule has 0 atom stereocenters. The zero-order valence-electron chi connectivity index (χ0n) is 17.1. The van der Waals surface area contributed by atoms with Crippen molar-refractivity contribution in [1.82, 2.24) is 10.3 Å². The van der Waals surface area contributed by atoms with E-state index < -0.39 is 0 Å². The maximum absolute atomic E-state index is 12.6. The molecule has 6 nitrogen and oxygen atoms in total. The second kappa shape index (κ2) is 9.52. The predicted octanol–water partition coefficient (Wildman–Crippen LogP) is 5.76. The minimum Gasteiger partial charge on any atom is -0.493 e. The van der Waals surface area contributed by atoms with Crippen LogP contribution in [-0.4, -0.2) is 30.2 Å². The molecule has 162 valence electrons. The Kier molecular flexibility index (Phi) is 6.55. The summed E-state index contributed by atoms with van der Waals surface area (Å²) >= 11 is 13.3. The number of benzene rings is 3. The van der Waals surface area contributed by atoms with Crippen LogP contribution in [0.15, 0.2) is 60.7 Å². The lowest BCUT2D eigenvalue weighted by molar-refractivity contribution is 0.0977. The maximum atomic E-state index is 12.6. The molecule has 3 aromatic carbocycles. The summed E-state index contributed by atoms with van der Waals surface area (Å²) in [5.41, 5.74) is 2.77. The van der Waals surface area contributed by atoms with Crippen LogP contribution < -0.4 is 20.1 Å². The summed E-state index contributed by atoms with van der Waals surface area (Å²) in [6, 6.07) is 18.2. The minimum atomic E-state index is -0.371. The van der Waals surface area contributed by atoms with Gasteiger partial charge in [0, 0.05) is 16.8 Å². The Morgan fingerprint density at radius 1 is 1.03 bits per heavy atom. The number of amides is 1. The van der Waals surface area contributed by atoms with Gasteiger partial charge in [-0.1, -0.05) is 23.7 Å². The van der Waals surface area contributed by atoms with Gasteiger partial charge in [0.05, 0.1) is 29.5 Å². The van der Waals surface area contributed by atoms with Crippen LogP contribution in [-0.2, 0) is 0 Å². The zero-order chi connectivity index (χ0) is 22.7. The molecule has 0 fully saturated rings. The number of rotatable bonds is 5. The van der Waals surface area contributed by atoms with E-state index >= 15 is 0 Å². The van der Waals surface area contributed by atoms with Crippen molar-refractivity contribution in [3.05, 3.63) is 71.2 Å². The van der Waals surface area contributed by atoms with Crippen molar-refractivity contribution in [1.29, 1.82) is 0 Å². The Balaban J connectivity index is 1.50. The number of thiocarbonyl (C=S) groups is 1. The number of carbonyl (C=O) groups is 1.